The maximum absolute atomic E-state index is 12.1. The molecule has 1 aliphatic rings. The molecule has 1 saturated heterocycles. The molecule has 0 radical (unpaired) electrons. The third-order valence-electron chi connectivity index (χ3n) is 4.36. The molecule has 7 heteroatoms. The Bertz CT molecular complexity index is 848. The highest BCUT2D eigenvalue weighted by Crippen LogP contribution is 2.20. The van der Waals surface area contributed by atoms with Gasteiger partial charge in [0.05, 0.1) is 37.8 Å². The number of aliphatic imine (C=N–C) groups is 2. The van der Waals surface area contributed by atoms with Crippen LogP contribution in [0.1, 0.15) is 11.1 Å². The second kappa shape index (κ2) is 8.35. The van der Waals surface area contributed by atoms with Crippen molar-refractivity contribution in [3.05, 3.63) is 59.7 Å². The molecule has 1 aliphatic heterocycles. The van der Waals surface area contributed by atoms with E-state index in [1.807, 2.05) is 48.5 Å². The third kappa shape index (κ3) is 5.17. The van der Waals surface area contributed by atoms with Crippen molar-refractivity contribution in [2.45, 2.75) is 12.1 Å². The molecule has 0 amide bonds. The van der Waals surface area contributed by atoms with Crippen LogP contribution >= 0.6 is 0 Å². The average molecular weight is 386 g/mol. The molecule has 0 spiro atoms. The maximum Gasteiger partial charge on any atom is 0.154 e. The molecule has 0 N–H and O–H groups in total. The second-order valence-electron chi connectivity index (χ2n) is 6.31. The molecule has 0 bridgehead atoms. The van der Waals surface area contributed by atoms with Crippen molar-refractivity contribution in [1.82, 2.24) is 0 Å². The number of nitrogens with zero attached hydrogens (tertiary/aromatic N) is 2. The molecular formula is C20H22N2O4S. The predicted octanol–water partition coefficient (Wildman–Crippen LogP) is 2.41. The molecule has 0 aliphatic carbocycles. The number of hydrogen-bond acceptors (Lipinski definition) is 6. The summed E-state index contributed by atoms with van der Waals surface area (Å²) < 4.78 is 34.4. The quantitative estimate of drug-likeness (QED) is 0.715. The second-order valence-corrected chi connectivity index (χ2v) is 8.47. The monoisotopic (exact) mass is 386 g/mol. The Morgan fingerprint density at radius 3 is 1.48 bits per heavy atom. The Hall–Kier alpha value is -2.67. The van der Waals surface area contributed by atoms with Crippen LogP contribution in [0.4, 0.5) is 0 Å². The Balaban J connectivity index is 1.73. The Kier molecular flexibility index (Phi) is 5.91. The molecule has 1 fully saturated rings. The standard InChI is InChI=1S/C20H22N2O4S/c1-25-17-7-3-15(4-8-17)11-21-19-13-27(23,24)14-20(19)22-12-16-5-9-18(26-2)10-6-16/h3-12,19-20H,13-14H2,1-2H3/t19-,20+. The summed E-state index contributed by atoms with van der Waals surface area (Å²) in [6.45, 7) is 0. The van der Waals surface area contributed by atoms with Gasteiger partial charge in [-0.3, -0.25) is 9.98 Å². The highest BCUT2D eigenvalue weighted by Gasteiger charge is 2.36. The molecule has 2 aromatic carbocycles. The van der Waals surface area contributed by atoms with E-state index in [4.69, 9.17) is 9.47 Å². The number of rotatable bonds is 6. The highest BCUT2D eigenvalue weighted by atomic mass is 32.2. The fraction of sp³-hybridized carbons (Fsp3) is 0.300. The molecule has 1 heterocycles. The van der Waals surface area contributed by atoms with Gasteiger partial charge in [0.15, 0.2) is 9.84 Å². The first kappa shape index (κ1) is 19.1. The first-order chi connectivity index (χ1) is 13.0. The minimum atomic E-state index is -3.14. The van der Waals surface area contributed by atoms with Gasteiger partial charge in [-0.1, -0.05) is 0 Å². The van der Waals surface area contributed by atoms with E-state index in [0.717, 1.165) is 22.6 Å². The average Bonchev–Trinajstić information content (AvgIpc) is 2.99. The molecular weight excluding hydrogens is 364 g/mol. The van der Waals surface area contributed by atoms with Crippen LogP contribution in [0.25, 0.3) is 0 Å². The van der Waals surface area contributed by atoms with Gasteiger partial charge in [-0.25, -0.2) is 8.42 Å². The zero-order valence-electron chi connectivity index (χ0n) is 15.3. The summed E-state index contributed by atoms with van der Waals surface area (Å²) in [7, 11) is 0.0758. The molecule has 142 valence electrons. The SMILES string of the molecule is COc1ccc(C=N[C@H]2CS(=O)(=O)C[C@H]2N=Cc2ccc(OC)cc2)cc1. The van der Waals surface area contributed by atoms with Crippen molar-refractivity contribution in [2.75, 3.05) is 25.7 Å². The fourth-order valence-corrected chi connectivity index (χ4v) is 4.63. The van der Waals surface area contributed by atoms with Gasteiger partial charge < -0.3 is 9.47 Å². The van der Waals surface area contributed by atoms with Gasteiger partial charge >= 0.3 is 0 Å². The van der Waals surface area contributed by atoms with Gasteiger partial charge in [0.2, 0.25) is 0 Å². The van der Waals surface area contributed by atoms with Crippen LogP contribution < -0.4 is 9.47 Å². The number of ether oxygens (including phenoxy) is 2. The number of benzene rings is 2. The van der Waals surface area contributed by atoms with E-state index >= 15 is 0 Å². The summed E-state index contributed by atoms with van der Waals surface area (Å²) in [5.74, 6) is 1.56. The molecule has 0 saturated carbocycles. The fourth-order valence-electron chi connectivity index (χ4n) is 2.84. The van der Waals surface area contributed by atoms with Crippen molar-refractivity contribution in [3.8, 4) is 11.5 Å². The summed E-state index contributed by atoms with van der Waals surface area (Å²) in [4.78, 5) is 8.97. The summed E-state index contributed by atoms with van der Waals surface area (Å²) in [6, 6.07) is 14.1. The van der Waals surface area contributed by atoms with Gasteiger partial charge in [-0.2, -0.15) is 0 Å². The van der Waals surface area contributed by atoms with E-state index in [2.05, 4.69) is 9.98 Å². The first-order valence-electron chi connectivity index (χ1n) is 8.54. The summed E-state index contributed by atoms with van der Waals surface area (Å²) in [6.07, 6.45) is 3.39. The zero-order valence-corrected chi connectivity index (χ0v) is 16.1. The lowest BCUT2D eigenvalue weighted by molar-refractivity contribution is 0.414. The predicted molar refractivity (Wildman–Crippen MR) is 107 cm³/mol. The lowest BCUT2D eigenvalue weighted by atomic mass is 10.1. The largest absolute Gasteiger partial charge is 0.497 e. The van der Waals surface area contributed by atoms with Gasteiger partial charge in [-0.05, 0) is 59.7 Å². The zero-order chi connectivity index (χ0) is 19.3. The van der Waals surface area contributed by atoms with Crippen LogP contribution in [0.3, 0.4) is 0 Å². The number of hydrogen-bond donors (Lipinski definition) is 0. The molecule has 27 heavy (non-hydrogen) atoms. The van der Waals surface area contributed by atoms with Crippen LogP contribution in [0.15, 0.2) is 58.5 Å². The van der Waals surface area contributed by atoms with Gasteiger partial charge in [0, 0.05) is 12.4 Å². The summed E-state index contributed by atoms with van der Waals surface area (Å²) in [5, 5.41) is 0. The van der Waals surface area contributed by atoms with Crippen molar-refractivity contribution < 1.29 is 17.9 Å². The van der Waals surface area contributed by atoms with E-state index in [0.29, 0.717) is 0 Å². The van der Waals surface area contributed by atoms with Crippen LogP contribution in [-0.2, 0) is 9.84 Å². The summed E-state index contributed by atoms with van der Waals surface area (Å²) >= 11 is 0. The van der Waals surface area contributed by atoms with E-state index in [-0.39, 0.29) is 23.6 Å². The van der Waals surface area contributed by atoms with Crippen molar-refractivity contribution in [1.29, 1.82) is 0 Å². The Morgan fingerprint density at radius 2 is 1.15 bits per heavy atom. The van der Waals surface area contributed by atoms with E-state index in [9.17, 15) is 8.42 Å². The van der Waals surface area contributed by atoms with Crippen molar-refractivity contribution >= 4 is 22.3 Å². The molecule has 3 rings (SSSR count). The van der Waals surface area contributed by atoms with E-state index in [1.54, 1.807) is 26.6 Å². The van der Waals surface area contributed by atoms with Gasteiger partial charge in [0.1, 0.15) is 11.5 Å². The normalized spacial score (nSPS) is 21.7. The lowest BCUT2D eigenvalue weighted by Crippen LogP contribution is -2.20. The number of sulfone groups is 1. The summed E-state index contributed by atoms with van der Waals surface area (Å²) in [5.41, 5.74) is 1.77. The topological polar surface area (TPSA) is 77.3 Å². The van der Waals surface area contributed by atoms with Crippen LogP contribution in [-0.4, -0.2) is 58.7 Å². The highest BCUT2D eigenvalue weighted by molar-refractivity contribution is 7.91. The molecule has 0 aromatic heterocycles. The minimum Gasteiger partial charge on any atom is -0.497 e. The molecule has 0 unspecified atom stereocenters. The lowest BCUT2D eigenvalue weighted by Gasteiger charge is -2.09. The molecule has 2 aromatic rings. The molecule has 2 atom stereocenters. The van der Waals surface area contributed by atoms with E-state index in [1.165, 1.54) is 0 Å². The minimum absolute atomic E-state index is 0.0181. The van der Waals surface area contributed by atoms with E-state index < -0.39 is 9.84 Å². The maximum atomic E-state index is 12.1. The van der Waals surface area contributed by atoms with Crippen molar-refractivity contribution in [3.63, 3.8) is 0 Å². The van der Waals surface area contributed by atoms with Crippen molar-refractivity contribution in [2.24, 2.45) is 9.98 Å². The first-order valence-corrected chi connectivity index (χ1v) is 10.4. The number of methoxy groups -OCH3 is 2. The van der Waals surface area contributed by atoms with Gasteiger partial charge in [-0.15, -0.1) is 0 Å². The Morgan fingerprint density at radius 1 is 0.778 bits per heavy atom. The van der Waals surface area contributed by atoms with Crippen LogP contribution in [0, 0.1) is 0 Å². The van der Waals surface area contributed by atoms with Gasteiger partial charge in [0.25, 0.3) is 0 Å². The van der Waals surface area contributed by atoms with Crippen LogP contribution in [0.2, 0.25) is 0 Å². The van der Waals surface area contributed by atoms with Crippen LogP contribution in [0.5, 0.6) is 11.5 Å². The smallest absolute Gasteiger partial charge is 0.154 e. The molecule has 6 nitrogen and oxygen atoms in total. The Labute approximate surface area is 159 Å². The third-order valence-corrected chi connectivity index (χ3v) is 6.05.